The van der Waals surface area contributed by atoms with Crippen molar-refractivity contribution < 1.29 is 9.18 Å². The highest BCUT2D eigenvalue weighted by Crippen LogP contribution is 2.33. The molecule has 4 heterocycles. The molecule has 1 aliphatic heterocycles. The number of rotatable bonds is 7. The van der Waals surface area contributed by atoms with Gasteiger partial charge in [-0.15, -0.1) is 0 Å². The molecule has 11 heteroatoms. The average molecular weight is 506 g/mol. The number of carbonyl (C=O) groups excluding carboxylic acids is 1. The number of halogens is 1. The first-order chi connectivity index (χ1) is 17.8. The Morgan fingerprint density at radius 1 is 1.19 bits per heavy atom. The van der Waals surface area contributed by atoms with Crippen LogP contribution in [-0.4, -0.2) is 79.7 Å². The molecule has 0 radical (unpaired) electrons. The summed E-state index contributed by atoms with van der Waals surface area (Å²) in [6.07, 6.45) is 5.40. The first-order valence-corrected chi connectivity index (χ1v) is 12.5. The van der Waals surface area contributed by atoms with Crippen LogP contribution in [0.15, 0.2) is 36.8 Å². The number of para-hydroxylation sites is 1. The number of anilines is 3. The van der Waals surface area contributed by atoms with E-state index in [2.05, 4.69) is 47.5 Å². The van der Waals surface area contributed by atoms with Crippen LogP contribution in [0.2, 0.25) is 0 Å². The fraction of sp³-hybridized carbons (Fsp3) is 0.385. The van der Waals surface area contributed by atoms with E-state index in [1.165, 1.54) is 0 Å². The number of H-pyrrole nitrogens is 1. The normalized spacial score (nSPS) is 15.7. The van der Waals surface area contributed by atoms with Gasteiger partial charge in [0, 0.05) is 56.6 Å². The molecule has 0 bridgehead atoms. The third-order valence-corrected chi connectivity index (χ3v) is 6.90. The molecule has 3 N–H and O–H groups in total. The molecule has 1 amide bonds. The van der Waals surface area contributed by atoms with Crippen molar-refractivity contribution in [1.29, 1.82) is 0 Å². The van der Waals surface area contributed by atoms with E-state index >= 15 is 0 Å². The standard InChI is InChI=1S/C26H32FN9O/c1-5-22(36-11-9-34(3)10-12-36)25(37)30-20-8-6-7-17-18(13-28-24(17)20)23-19(27)14-29-26(32-23)31-21-15-35(4)33-16(21)2/h6-8,13-15,22,28H,5,9-12H2,1-4H3,(H,30,37)(H,29,31,32). The number of likely N-dealkylation sites (N-methyl/N-ethyl adjacent to an activating group) is 1. The summed E-state index contributed by atoms with van der Waals surface area (Å²) in [5.74, 6) is -0.309. The zero-order chi connectivity index (χ0) is 26.1. The summed E-state index contributed by atoms with van der Waals surface area (Å²) in [4.78, 5) is 29.6. The third-order valence-electron chi connectivity index (χ3n) is 6.90. The number of amides is 1. The lowest BCUT2D eigenvalue weighted by Crippen LogP contribution is -2.52. The molecule has 0 aliphatic carbocycles. The smallest absolute Gasteiger partial charge is 0.241 e. The van der Waals surface area contributed by atoms with E-state index < -0.39 is 5.82 Å². The fourth-order valence-corrected chi connectivity index (χ4v) is 4.87. The van der Waals surface area contributed by atoms with Crippen molar-refractivity contribution >= 4 is 34.1 Å². The van der Waals surface area contributed by atoms with Crippen LogP contribution >= 0.6 is 0 Å². The zero-order valence-corrected chi connectivity index (χ0v) is 21.5. The highest BCUT2D eigenvalue weighted by Gasteiger charge is 2.27. The molecule has 1 unspecified atom stereocenters. The van der Waals surface area contributed by atoms with Crippen LogP contribution in [0, 0.1) is 12.7 Å². The molecule has 3 aromatic heterocycles. The predicted molar refractivity (Wildman–Crippen MR) is 142 cm³/mol. The quantitative estimate of drug-likeness (QED) is 0.353. The Morgan fingerprint density at radius 3 is 2.68 bits per heavy atom. The highest BCUT2D eigenvalue weighted by atomic mass is 19.1. The van der Waals surface area contributed by atoms with Gasteiger partial charge in [-0.1, -0.05) is 19.1 Å². The number of nitrogens with zero attached hydrogens (tertiary/aromatic N) is 6. The average Bonchev–Trinajstić information content (AvgIpc) is 3.44. The minimum Gasteiger partial charge on any atom is -0.359 e. The highest BCUT2D eigenvalue weighted by molar-refractivity contribution is 6.06. The van der Waals surface area contributed by atoms with Gasteiger partial charge in [-0.25, -0.2) is 14.4 Å². The Balaban J connectivity index is 1.41. The van der Waals surface area contributed by atoms with Crippen molar-refractivity contribution in [2.24, 2.45) is 7.05 Å². The Morgan fingerprint density at radius 2 is 1.97 bits per heavy atom. The van der Waals surface area contributed by atoms with Gasteiger partial charge in [-0.2, -0.15) is 5.10 Å². The summed E-state index contributed by atoms with van der Waals surface area (Å²) in [6, 6.07) is 5.38. The van der Waals surface area contributed by atoms with Crippen LogP contribution in [0.25, 0.3) is 22.2 Å². The molecular weight excluding hydrogens is 473 g/mol. The molecule has 1 fully saturated rings. The largest absolute Gasteiger partial charge is 0.359 e. The maximum atomic E-state index is 14.9. The Hall–Kier alpha value is -3.83. The summed E-state index contributed by atoms with van der Waals surface area (Å²) in [5.41, 5.74) is 3.65. The molecule has 0 saturated carbocycles. The van der Waals surface area contributed by atoms with E-state index in [0.29, 0.717) is 11.3 Å². The number of nitrogens with one attached hydrogen (secondary N) is 3. The maximum absolute atomic E-state index is 14.9. The molecule has 0 spiro atoms. The number of aromatic amines is 1. The molecule has 1 saturated heterocycles. The van der Waals surface area contributed by atoms with Crippen molar-refractivity contribution in [2.45, 2.75) is 26.3 Å². The Labute approximate surface area is 214 Å². The van der Waals surface area contributed by atoms with Crippen molar-refractivity contribution in [3.63, 3.8) is 0 Å². The number of hydrogen-bond donors (Lipinski definition) is 3. The fourth-order valence-electron chi connectivity index (χ4n) is 4.87. The molecule has 194 valence electrons. The lowest BCUT2D eigenvalue weighted by Gasteiger charge is -2.36. The first-order valence-electron chi connectivity index (χ1n) is 12.5. The number of fused-ring (bicyclic) bond motifs is 1. The number of aromatic nitrogens is 5. The second-order valence-electron chi connectivity index (χ2n) is 9.50. The molecule has 5 rings (SSSR count). The maximum Gasteiger partial charge on any atom is 0.241 e. The van der Waals surface area contributed by atoms with Gasteiger partial charge in [-0.3, -0.25) is 14.4 Å². The number of aryl methyl sites for hydroxylation is 2. The van der Waals surface area contributed by atoms with Gasteiger partial charge >= 0.3 is 0 Å². The zero-order valence-electron chi connectivity index (χ0n) is 21.5. The Kier molecular flexibility index (Phi) is 6.90. The Bertz CT molecular complexity index is 1420. The molecule has 1 atom stereocenters. The number of piperazine rings is 1. The van der Waals surface area contributed by atoms with Crippen LogP contribution in [0.4, 0.5) is 21.7 Å². The van der Waals surface area contributed by atoms with Crippen molar-refractivity contribution in [3.8, 4) is 11.3 Å². The van der Waals surface area contributed by atoms with Gasteiger partial charge in [0.15, 0.2) is 5.82 Å². The third kappa shape index (κ3) is 5.05. The second kappa shape index (κ2) is 10.3. The summed E-state index contributed by atoms with van der Waals surface area (Å²) in [6.45, 7) is 7.52. The van der Waals surface area contributed by atoms with E-state index in [1.807, 2.05) is 45.3 Å². The number of benzene rings is 1. The minimum atomic E-state index is -0.537. The van der Waals surface area contributed by atoms with Gasteiger partial charge in [0.1, 0.15) is 5.69 Å². The molecule has 10 nitrogen and oxygen atoms in total. The van der Waals surface area contributed by atoms with Gasteiger partial charge < -0.3 is 20.5 Å². The predicted octanol–water partition coefficient (Wildman–Crippen LogP) is 3.51. The second-order valence-corrected chi connectivity index (χ2v) is 9.50. The molecule has 1 aromatic carbocycles. The van der Waals surface area contributed by atoms with Crippen LogP contribution in [0.5, 0.6) is 0 Å². The van der Waals surface area contributed by atoms with Gasteiger partial charge in [0.2, 0.25) is 11.9 Å². The number of carbonyl (C=O) groups is 1. The van der Waals surface area contributed by atoms with Gasteiger partial charge in [0.25, 0.3) is 0 Å². The van der Waals surface area contributed by atoms with Gasteiger partial charge in [0.05, 0.1) is 34.8 Å². The molecular formula is C26H32FN9O. The van der Waals surface area contributed by atoms with Crippen molar-refractivity contribution in [2.75, 3.05) is 43.9 Å². The SMILES string of the molecule is CCC(C(=O)Nc1cccc2c(-c3nc(Nc4cn(C)nc4C)ncc3F)c[nH]c12)N1CCN(C)CC1. The van der Waals surface area contributed by atoms with Crippen LogP contribution in [0.3, 0.4) is 0 Å². The van der Waals surface area contributed by atoms with E-state index in [9.17, 15) is 9.18 Å². The lowest BCUT2D eigenvalue weighted by atomic mass is 10.1. The summed E-state index contributed by atoms with van der Waals surface area (Å²) in [7, 11) is 3.92. The van der Waals surface area contributed by atoms with E-state index in [0.717, 1.165) is 61.1 Å². The summed E-state index contributed by atoms with van der Waals surface area (Å²) >= 11 is 0. The van der Waals surface area contributed by atoms with E-state index in [4.69, 9.17) is 0 Å². The van der Waals surface area contributed by atoms with E-state index in [1.54, 1.807) is 10.9 Å². The lowest BCUT2D eigenvalue weighted by molar-refractivity contribution is -0.122. The summed E-state index contributed by atoms with van der Waals surface area (Å²) < 4.78 is 16.6. The monoisotopic (exact) mass is 505 g/mol. The molecule has 4 aromatic rings. The molecule has 1 aliphatic rings. The number of hydrogen-bond acceptors (Lipinski definition) is 7. The van der Waals surface area contributed by atoms with E-state index in [-0.39, 0.29) is 23.6 Å². The first kappa shape index (κ1) is 24.8. The van der Waals surface area contributed by atoms with Crippen LogP contribution in [-0.2, 0) is 11.8 Å². The topological polar surface area (TPSA) is 107 Å². The summed E-state index contributed by atoms with van der Waals surface area (Å²) in [5, 5.41) is 11.3. The van der Waals surface area contributed by atoms with Crippen molar-refractivity contribution in [3.05, 3.63) is 48.3 Å². The van der Waals surface area contributed by atoms with Crippen molar-refractivity contribution in [1.82, 2.24) is 34.5 Å². The molecule has 37 heavy (non-hydrogen) atoms. The van der Waals surface area contributed by atoms with Crippen LogP contribution in [0.1, 0.15) is 19.0 Å². The van der Waals surface area contributed by atoms with Gasteiger partial charge in [-0.05, 0) is 26.5 Å². The van der Waals surface area contributed by atoms with Crippen LogP contribution < -0.4 is 10.6 Å². The minimum absolute atomic E-state index is 0.0396.